The number of hydrogen-bond donors (Lipinski definition) is 1. The van der Waals surface area contributed by atoms with Crippen LogP contribution in [0, 0.1) is 0 Å². The van der Waals surface area contributed by atoms with Gasteiger partial charge in [0, 0.05) is 19.2 Å². The van der Waals surface area contributed by atoms with E-state index in [1.165, 1.54) is 0 Å². The van der Waals surface area contributed by atoms with E-state index in [0.29, 0.717) is 19.2 Å². The van der Waals surface area contributed by atoms with Gasteiger partial charge in [0.25, 0.3) is 0 Å². The fourth-order valence-corrected chi connectivity index (χ4v) is 2.03. The van der Waals surface area contributed by atoms with E-state index in [1.54, 1.807) is 7.05 Å². The third-order valence-corrected chi connectivity index (χ3v) is 3.37. The molecular weight excluding hydrogens is 220 g/mol. The monoisotopic (exact) mass is 244 g/mol. The number of nitrogens with zero attached hydrogens (tertiary/aromatic N) is 1. The highest BCUT2D eigenvalue weighted by Gasteiger charge is 2.36. The Morgan fingerprint density at radius 1 is 1.65 bits per heavy atom. The molecule has 0 amide bonds. The summed E-state index contributed by atoms with van der Waals surface area (Å²) in [7, 11) is 3.81. The van der Waals surface area contributed by atoms with Gasteiger partial charge in [-0.05, 0) is 34.4 Å². The Hall–Kier alpha value is -0.650. The van der Waals surface area contributed by atoms with Crippen molar-refractivity contribution in [1.29, 1.82) is 0 Å². The third-order valence-electron chi connectivity index (χ3n) is 3.37. The molecule has 0 radical (unpaired) electrons. The molecule has 1 heterocycles. The van der Waals surface area contributed by atoms with Crippen LogP contribution in [0.5, 0.6) is 0 Å². The minimum atomic E-state index is -0.659. The molecule has 5 heteroatoms. The van der Waals surface area contributed by atoms with Crippen molar-refractivity contribution in [3.05, 3.63) is 0 Å². The summed E-state index contributed by atoms with van der Waals surface area (Å²) in [5.74, 6) is -0.201. The van der Waals surface area contributed by atoms with Gasteiger partial charge in [0.15, 0.2) is 0 Å². The zero-order valence-corrected chi connectivity index (χ0v) is 11.3. The first-order chi connectivity index (χ1) is 8.03. The molecule has 1 aliphatic rings. The van der Waals surface area contributed by atoms with Gasteiger partial charge in [-0.25, -0.2) is 0 Å². The Kier molecular flexibility index (Phi) is 5.36. The molecule has 1 rings (SSSR count). The molecule has 1 aliphatic heterocycles. The molecule has 0 aromatic rings. The molecule has 0 bridgehead atoms. The number of hydrogen-bond acceptors (Lipinski definition) is 5. The van der Waals surface area contributed by atoms with Crippen molar-refractivity contribution in [2.45, 2.75) is 31.8 Å². The molecular formula is C12H24N2O3. The number of carbonyl (C=O) groups excluding carboxylic acids is 1. The maximum atomic E-state index is 11.9. The molecule has 5 nitrogen and oxygen atoms in total. The van der Waals surface area contributed by atoms with E-state index in [1.807, 2.05) is 20.9 Å². The van der Waals surface area contributed by atoms with Crippen LogP contribution in [0.25, 0.3) is 0 Å². The first kappa shape index (κ1) is 14.4. The second kappa shape index (κ2) is 6.33. The van der Waals surface area contributed by atoms with Gasteiger partial charge in [0.05, 0.1) is 13.2 Å². The smallest absolute Gasteiger partial charge is 0.327 e. The molecule has 1 N–H and O–H groups in total. The van der Waals surface area contributed by atoms with Crippen molar-refractivity contribution >= 4 is 5.97 Å². The summed E-state index contributed by atoms with van der Waals surface area (Å²) in [6.45, 7) is 6.28. The summed E-state index contributed by atoms with van der Waals surface area (Å²) in [6.07, 6.45) is 1.03. The molecule has 100 valence electrons. The van der Waals surface area contributed by atoms with Gasteiger partial charge < -0.3 is 14.8 Å². The summed E-state index contributed by atoms with van der Waals surface area (Å²) in [4.78, 5) is 14.1. The minimum Gasteiger partial charge on any atom is -0.465 e. The fourth-order valence-electron chi connectivity index (χ4n) is 2.03. The summed E-state index contributed by atoms with van der Waals surface area (Å²) >= 11 is 0. The van der Waals surface area contributed by atoms with Crippen molar-refractivity contribution in [3.63, 3.8) is 0 Å². The normalized spacial score (nSPS) is 23.7. The van der Waals surface area contributed by atoms with Gasteiger partial charge in [-0.3, -0.25) is 9.69 Å². The van der Waals surface area contributed by atoms with Gasteiger partial charge in [-0.2, -0.15) is 0 Å². The second-order valence-corrected chi connectivity index (χ2v) is 4.74. The van der Waals surface area contributed by atoms with Crippen molar-refractivity contribution in [3.8, 4) is 0 Å². The van der Waals surface area contributed by atoms with Crippen LogP contribution in [0.1, 0.15) is 20.3 Å². The third kappa shape index (κ3) is 3.66. The van der Waals surface area contributed by atoms with Gasteiger partial charge in [-0.1, -0.05) is 0 Å². The molecule has 1 fully saturated rings. The van der Waals surface area contributed by atoms with Crippen molar-refractivity contribution in [2.24, 2.45) is 0 Å². The number of ether oxygens (including phenoxy) is 2. The lowest BCUT2D eigenvalue weighted by atomic mass is 10.0. The molecule has 0 aliphatic carbocycles. The SMILES string of the molecule is CCOC(=O)C(C)(CN(C)C1CCOC1)NC. The Morgan fingerprint density at radius 2 is 2.35 bits per heavy atom. The molecule has 2 unspecified atom stereocenters. The van der Waals surface area contributed by atoms with Gasteiger partial charge in [0.1, 0.15) is 5.54 Å². The van der Waals surface area contributed by atoms with Crippen LogP contribution in [0.4, 0.5) is 0 Å². The van der Waals surface area contributed by atoms with Crippen LogP contribution in [-0.2, 0) is 14.3 Å². The Bertz CT molecular complexity index is 254. The molecule has 0 spiro atoms. The maximum absolute atomic E-state index is 11.9. The predicted octanol–water partition coefficient (Wildman–Crippen LogP) is 0.248. The lowest BCUT2D eigenvalue weighted by Gasteiger charge is -2.33. The summed E-state index contributed by atoms with van der Waals surface area (Å²) in [5, 5.41) is 3.06. The minimum absolute atomic E-state index is 0.201. The largest absolute Gasteiger partial charge is 0.465 e. The predicted molar refractivity (Wildman–Crippen MR) is 66.0 cm³/mol. The molecule has 17 heavy (non-hydrogen) atoms. The van der Waals surface area contributed by atoms with Gasteiger partial charge in [-0.15, -0.1) is 0 Å². The molecule has 0 aromatic carbocycles. The number of esters is 1. The maximum Gasteiger partial charge on any atom is 0.327 e. The van der Waals surface area contributed by atoms with E-state index in [-0.39, 0.29) is 5.97 Å². The topological polar surface area (TPSA) is 50.8 Å². The summed E-state index contributed by atoms with van der Waals surface area (Å²) in [6, 6.07) is 0.400. The average Bonchev–Trinajstić information content (AvgIpc) is 2.82. The molecule has 0 aromatic heterocycles. The van der Waals surface area contributed by atoms with Crippen molar-refractivity contribution < 1.29 is 14.3 Å². The zero-order valence-electron chi connectivity index (χ0n) is 11.3. The summed E-state index contributed by atoms with van der Waals surface area (Å²) in [5.41, 5.74) is -0.659. The fraction of sp³-hybridized carbons (Fsp3) is 0.917. The molecule has 0 saturated carbocycles. The van der Waals surface area contributed by atoms with Crippen molar-refractivity contribution in [1.82, 2.24) is 10.2 Å². The number of likely N-dealkylation sites (N-methyl/N-ethyl adjacent to an activating group) is 2. The highest BCUT2D eigenvalue weighted by Crippen LogP contribution is 2.15. The standard InChI is InChI=1S/C12H24N2O3/c1-5-17-11(15)12(2,13-3)9-14(4)10-6-7-16-8-10/h10,13H,5-9H2,1-4H3. The molecule has 1 saturated heterocycles. The number of rotatable bonds is 6. The van der Waals surface area contributed by atoms with E-state index in [2.05, 4.69) is 10.2 Å². The van der Waals surface area contributed by atoms with E-state index in [4.69, 9.17) is 9.47 Å². The van der Waals surface area contributed by atoms with Crippen LogP contribution in [0.2, 0.25) is 0 Å². The number of carbonyl (C=O) groups is 1. The van der Waals surface area contributed by atoms with Crippen LogP contribution in [0.3, 0.4) is 0 Å². The molecule has 2 atom stereocenters. The Labute approximate surface area is 103 Å². The Balaban J connectivity index is 2.57. The highest BCUT2D eigenvalue weighted by molar-refractivity contribution is 5.80. The van der Waals surface area contributed by atoms with Gasteiger partial charge in [0.2, 0.25) is 0 Å². The second-order valence-electron chi connectivity index (χ2n) is 4.74. The lowest BCUT2D eigenvalue weighted by molar-refractivity contribution is -0.151. The van der Waals surface area contributed by atoms with Crippen LogP contribution in [0.15, 0.2) is 0 Å². The number of nitrogens with one attached hydrogen (secondary N) is 1. The zero-order chi connectivity index (χ0) is 12.9. The van der Waals surface area contributed by atoms with Crippen LogP contribution >= 0.6 is 0 Å². The first-order valence-electron chi connectivity index (χ1n) is 6.17. The van der Waals surface area contributed by atoms with E-state index < -0.39 is 5.54 Å². The average molecular weight is 244 g/mol. The van der Waals surface area contributed by atoms with E-state index >= 15 is 0 Å². The summed E-state index contributed by atoms with van der Waals surface area (Å²) < 4.78 is 10.5. The lowest BCUT2D eigenvalue weighted by Crippen LogP contribution is -2.57. The van der Waals surface area contributed by atoms with E-state index in [9.17, 15) is 4.79 Å². The van der Waals surface area contributed by atoms with Gasteiger partial charge >= 0.3 is 5.97 Å². The quantitative estimate of drug-likeness (QED) is 0.679. The first-order valence-corrected chi connectivity index (χ1v) is 6.17. The van der Waals surface area contributed by atoms with E-state index in [0.717, 1.165) is 19.6 Å². The van der Waals surface area contributed by atoms with Crippen molar-refractivity contribution in [2.75, 3.05) is 40.5 Å². The Morgan fingerprint density at radius 3 is 2.82 bits per heavy atom. The van der Waals surface area contributed by atoms with Crippen LogP contribution < -0.4 is 5.32 Å². The van der Waals surface area contributed by atoms with Crippen LogP contribution in [-0.4, -0.2) is 62.9 Å². The highest BCUT2D eigenvalue weighted by atomic mass is 16.5.